The number of hydrogen-bond donors (Lipinski definition) is 3. The average molecular weight is 567 g/mol. The van der Waals surface area contributed by atoms with Crippen LogP contribution in [0.15, 0.2) is 53.5 Å². The third-order valence-corrected chi connectivity index (χ3v) is 5.43. The Balaban J connectivity index is 0.00000385. The zero-order chi connectivity index (χ0) is 22.8. The zero-order valence-corrected chi connectivity index (χ0v) is 21.8. The molecule has 8 nitrogen and oxygen atoms in total. The highest BCUT2D eigenvalue weighted by Gasteiger charge is 2.24. The van der Waals surface area contributed by atoms with Crippen LogP contribution in [-0.4, -0.2) is 58.8 Å². The lowest BCUT2D eigenvalue weighted by atomic mass is 10.2. The molecule has 0 radical (unpaired) electrons. The number of carbonyl (C=O) groups is 1. The summed E-state index contributed by atoms with van der Waals surface area (Å²) in [5.41, 5.74) is 2.16. The number of rotatable bonds is 9. The summed E-state index contributed by atoms with van der Waals surface area (Å²) in [5, 5.41) is 9.63. The van der Waals surface area contributed by atoms with E-state index in [2.05, 4.69) is 25.8 Å². The first-order valence-electron chi connectivity index (χ1n) is 10.9. The topological polar surface area (TPSA) is 87.2 Å². The molecule has 0 spiro atoms. The second-order valence-corrected chi connectivity index (χ2v) is 7.66. The van der Waals surface area contributed by atoms with Crippen LogP contribution in [-0.2, 0) is 11.3 Å². The van der Waals surface area contributed by atoms with Gasteiger partial charge in [-0.15, -0.1) is 24.0 Å². The molecule has 1 heterocycles. The van der Waals surface area contributed by atoms with Gasteiger partial charge in [-0.3, -0.25) is 9.79 Å². The van der Waals surface area contributed by atoms with Crippen LogP contribution in [0.2, 0.25) is 0 Å². The monoisotopic (exact) mass is 567 g/mol. The molecule has 180 valence electrons. The summed E-state index contributed by atoms with van der Waals surface area (Å²) in [7, 11) is 5.05. The van der Waals surface area contributed by atoms with Crippen LogP contribution in [0.3, 0.4) is 0 Å². The largest absolute Gasteiger partial charge is 0.497 e. The maximum absolute atomic E-state index is 12.1. The first kappa shape index (κ1) is 26.6. The molecule has 9 heteroatoms. The molecule has 0 aliphatic carbocycles. The second kappa shape index (κ2) is 13.8. The summed E-state index contributed by atoms with van der Waals surface area (Å²) >= 11 is 0. The van der Waals surface area contributed by atoms with E-state index >= 15 is 0 Å². The third-order valence-electron chi connectivity index (χ3n) is 5.43. The molecule has 1 fully saturated rings. The van der Waals surface area contributed by atoms with Crippen LogP contribution in [0, 0.1) is 0 Å². The smallest absolute Gasteiger partial charge is 0.222 e. The van der Waals surface area contributed by atoms with Gasteiger partial charge in [-0.25, -0.2) is 0 Å². The Morgan fingerprint density at radius 1 is 1.09 bits per heavy atom. The van der Waals surface area contributed by atoms with E-state index in [9.17, 15) is 4.79 Å². The van der Waals surface area contributed by atoms with Gasteiger partial charge in [0.1, 0.15) is 11.5 Å². The number of hydrogen-bond acceptors (Lipinski definition) is 5. The van der Waals surface area contributed by atoms with Crippen LogP contribution in [0.4, 0.5) is 5.69 Å². The molecule has 2 aromatic rings. The fourth-order valence-electron chi connectivity index (χ4n) is 3.65. The normalized spacial score (nSPS) is 15.4. The number of guanidine groups is 1. The van der Waals surface area contributed by atoms with E-state index < -0.39 is 0 Å². The number of nitrogens with one attached hydrogen (secondary N) is 3. The Kier molecular flexibility index (Phi) is 11.1. The molecule has 1 amide bonds. The standard InChI is InChI=1S/C24H33N5O3.HI/c1-25-24(26-11-9-23(30)27-16-18-7-5-4-6-8-18)28-19-10-12-29(17-19)20-13-21(31-2)15-22(14-20)32-3;/h4-8,13-15,19H,9-12,16-17H2,1-3H3,(H,27,30)(H2,25,26,28);1H. The highest BCUT2D eigenvalue weighted by atomic mass is 127. The van der Waals surface area contributed by atoms with Crippen molar-refractivity contribution < 1.29 is 14.3 Å². The fourth-order valence-corrected chi connectivity index (χ4v) is 3.65. The highest BCUT2D eigenvalue weighted by Crippen LogP contribution is 2.30. The van der Waals surface area contributed by atoms with Crippen molar-refractivity contribution in [2.45, 2.75) is 25.4 Å². The van der Waals surface area contributed by atoms with Gasteiger partial charge in [-0.2, -0.15) is 0 Å². The van der Waals surface area contributed by atoms with Crippen molar-refractivity contribution in [2.24, 2.45) is 4.99 Å². The summed E-state index contributed by atoms with van der Waals surface area (Å²) in [5.74, 6) is 2.27. The lowest BCUT2D eigenvalue weighted by molar-refractivity contribution is -0.121. The predicted octanol–water partition coefficient (Wildman–Crippen LogP) is 2.77. The van der Waals surface area contributed by atoms with Crippen molar-refractivity contribution >= 4 is 41.5 Å². The van der Waals surface area contributed by atoms with E-state index in [1.807, 2.05) is 48.5 Å². The van der Waals surface area contributed by atoms with Crippen molar-refractivity contribution in [2.75, 3.05) is 45.8 Å². The molecule has 1 aliphatic heterocycles. The summed E-state index contributed by atoms with van der Waals surface area (Å²) in [6, 6.07) is 16.1. The lowest BCUT2D eigenvalue weighted by Crippen LogP contribution is -2.45. The highest BCUT2D eigenvalue weighted by molar-refractivity contribution is 14.0. The number of aliphatic imine (C=N–C) groups is 1. The van der Waals surface area contributed by atoms with Gasteiger partial charge in [-0.05, 0) is 12.0 Å². The van der Waals surface area contributed by atoms with Crippen LogP contribution in [0.5, 0.6) is 11.5 Å². The number of nitrogens with zero attached hydrogens (tertiary/aromatic N) is 2. The number of anilines is 1. The Labute approximate surface area is 213 Å². The van der Waals surface area contributed by atoms with Gasteiger partial charge in [0.05, 0.1) is 14.2 Å². The molecule has 3 rings (SSSR count). The van der Waals surface area contributed by atoms with E-state index in [1.54, 1.807) is 21.3 Å². The summed E-state index contributed by atoms with van der Waals surface area (Å²) in [6.07, 6.45) is 1.37. The Bertz CT molecular complexity index is 888. The second-order valence-electron chi connectivity index (χ2n) is 7.66. The molecular formula is C24H34IN5O3. The molecule has 3 N–H and O–H groups in total. The number of amides is 1. The summed E-state index contributed by atoms with van der Waals surface area (Å²) < 4.78 is 10.8. The van der Waals surface area contributed by atoms with Gasteiger partial charge >= 0.3 is 0 Å². The molecule has 1 aliphatic rings. The maximum atomic E-state index is 12.1. The van der Waals surface area contributed by atoms with E-state index in [0.29, 0.717) is 25.5 Å². The van der Waals surface area contributed by atoms with E-state index in [1.165, 1.54) is 0 Å². The quantitative estimate of drug-likeness (QED) is 0.246. The Morgan fingerprint density at radius 3 is 2.42 bits per heavy atom. The summed E-state index contributed by atoms with van der Waals surface area (Å²) in [4.78, 5) is 18.7. The molecule has 1 saturated heterocycles. The van der Waals surface area contributed by atoms with Gasteiger partial charge < -0.3 is 30.3 Å². The third kappa shape index (κ3) is 8.30. The predicted molar refractivity (Wildman–Crippen MR) is 143 cm³/mol. The van der Waals surface area contributed by atoms with Gasteiger partial charge in [0.2, 0.25) is 5.91 Å². The summed E-state index contributed by atoms with van der Waals surface area (Å²) in [6.45, 7) is 2.82. The van der Waals surface area contributed by atoms with Crippen LogP contribution in [0.25, 0.3) is 0 Å². The van der Waals surface area contributed by atoms with Gasteiger partial charge in [0.25, 0.3) is 0 Å². The van der Waals surface area contributed by atoms with Crippen LogP contribution < -0.4 is 30.3 Å². The minimum absolute atomic E-state index is 0. The first-order chi connectivity index (χ1) is 15.6. The van der Waals surface area contributed by atoms with Crippen LogP contribution in [0.1, 0.15) is 18.4 Å². The van der Waals surface area contributed by atoms with Crippen LogP contribution >= 0.6 is 24.0 Å². The van der Waals surface area contributed by atoms with E-state index in [-0.39, 0.29) is 35.9 Å². The van der Waals surface area contributed by atoms with Crippen molar-refractivity contribution in [3.63, 3.8) is 0 Å². The molecular weight excluding hydrogens is 533 g/mol. The number of methoxy groups -OCH3 is 2. The van der Waals surface area contributed by atoms with E-state index in [4.69, 9.17) is 9.47 Å². The first-order valence-corrected chi connectivity index (χ1v) is 10.9. The van der Waals surface area contributed by atoms with Gasteiger partial charge in [-0.1, -0.05) is 30.3 Å². The van der Waals surface area contributed by atoms with Gasteiger partial charge in [0.15, 0.2) is 5.96 Å². The lowest BCUT2D eigenvalue weighted by Gasteiger charge is -2.21. The van der Waals surface area contributed by atoms with E-state index in [0.717, 1.165) is 42.3 Å². The average Bonchev–Trinajstić information content (AvgIpc) is 3.31. The van der Waals surface area contributed by atoms with Crippen molar-refractivity contribution in [3.05, 3.63) is 54.1 Å². The Morgan fingerprint density at radius 2 is 1.79 bits per heavy atom. The number of halogens is 1. The minimum atomic E-state index is 0. The molecule has 2 aromatic carbocycles. The molecule has 33 heavy (non-hydrogen) atoms. The molecule has 1 atom stereocenters. The molecule has 0 bridgehead atoms. The van der Waals surface area contributed by atoms with Crippen molar-refractivity contribution in [3.8, 4) is 11.5 Å². The SMILES string of the molecule is CN=C(NCCC(=O)NCc1ccccc1)NC1CCN(c2cc(OC)cc(OC)c2)C1.I. The number of carbonyl (C=O) groups excluding carboxylic acids is 1. The number of ether oxygens (including phenoxy) is 2. The van der Waals surface area contributed by atoms with Crippen molar-refractivity contribution in [1.29, 1.82) is 0 Å². The molecule has 0 saturated carbocycles. The Hall–Kier alpha value is -2.69. The molecule has 1 unspecified atom stereocenters. The maximum Gasteiger partial charge on any atom is 0.222 e. The van der Waals surface area contributed by atoms with Gasteiger partial charge in [0, 0.05) is 69.6 Å². The minimum Gasteiger partial charge on any atom is -0.497 e. The number of benzene rings is 2. The molecule has 0 aromatic heterocycles. The zero-order valence-electron chi connectivity index (χ0n) is 19.5. The fraction of sp³-hybridized carbons (Fsp3) is 0.417. The van der Waals surface area contributed by atoms with Crippen molar-refractivity contribution in [1.82, 2.24) is 16.0 Å².